The van der Waals surface area contributed by atoms with Crippen LogP contribution in [-0.2, 0) is 19.6 Å². The van der Waals surface area contributed by atoms with Gasteiger partial charge >= 0.3 is 0 Å². The third-order valence-corrected chi connectivity index (χ3v) is 7.22. The molecule has 4 aromatic rings. The molecule has 1 aromatic heterocycles. The maximum Gasteiger partial charge on any atom is 0.289 e. The summed E-state index contributed by atoms with van der Waals surface area (Å²) >= 11 is 0. The van der Waals surface area contributed by atoms with Crippen molar-refractivity contribution < 1.29 is 18.3 Å². The predicted octanol–water partition coefficient (Wildman–Crippen LogP) is 6.10. The number of nitrogens with zero attached hydrogens (tertiary/aromatic N) is 3. The van der Waals surface area contributed by atoms with Gasteiger partial charge in [-0.15, -0.1) is 0 Å². The molecule has 0 bridgehead atoms. The zero-order valence-electron chi connectivity index (χ0n) is 23.4. The Labute approximate surface area is 241 Å². The summed E-state index contributed by atoms with van der Waals surface area (Å²) in [7, 11) is 1.65. The van der Waals surface area contributed by atoms with Crippen LogP contribution in [0.3, 0.4) is 0 Å². The molecular formula is C34H36FN3O3. The van der Waals surface area contributed by atoms with Gasteiger partial charge < -0.3 is 14.1 Å². The molecule has 0 unspecified atom stereocenters. The zero-order valence-corrected chi connectivity index (χ0v) is 23.4. The molecule has 0 aliphatic carbocycles. The minimum absolute atomic E-state index is 0.0831. The van der Waals surface area contributed by atoms with Gasteiger partial charge in [0.1, 0.15) is 17.3 Å². The van der Waals surface area contributed by atoms with E-state index >= 15 is 0 Å². The molecule has 212 valence electrons. The van der Waals surface area contributed by atoms with Crippen LogP contribution < -0.4 is 4.74 Å². The average Bonchev–Trinajstić information content (AvgIpc) is 3.46. The number of rotatable bonds is 11. The van der Waals surface area contributed by atoms with Crippen molar-refractivity contribution in [3.63, 3.8) is 0 Å². The van der Waals surface area contributed by atoms with Crippen molar-refractivity contribution in [1.82, 2.24) is 14.7 Å². The van der Waals surface area contributed by atoms with Crippen LogP contribution in [-0.4, -0.2) is 60.4 Å². The standard InChI is InChI=1S/C34H36FN3O3/c1-40-31-14-6-11-29(23-31)25-37(24-28-10-5-13-30(35)22-28)26-32-15-16-33(41-32)34(39)38-20-18-36(19-21-38)17-7-12-27-8-3-2-4-9-27/h2-16,22-23H,17-21,24-26H2,1H3/b12-7+. The second-order valence-electron chi connectivity index (χ2n) is 10.3. The summed E-state index contributed by atoms with van der Waals surface area (Å²) in [5.74, 6) is 1.48. The summed E-state index contributed by atoms with van der Waals surface area (Å²) in [4.78, 5) is 19.6. The Bertz CT molecular complexity index is 1440. The molecular weight excluding hydrogens is 517 g/mol. The van der Waals surface area contributed by atoms with Gasteiger partial charge in [-0.25, -0.2) is 4.39 Å². The van der Waals surface area contributed by atoms with Crippen LogP contribution >= 0.6 is 0 Å². The summed E-state index contributed by atoms with van der Waals surface area (Å²) in [5, 5.41) is 0. The van der Waals surface area contributed by atoms with Gasteiger partial charge in [-0.1, -0.05) is 66.7 Å². The van der Waals surface area contributed by atoms with Gasteiger partial charge in [0.2, 0.25) is 0 Å². The van der Waals surface area contributed by atoms with Crippen molar-refractivity contribution in [3.8, 4) is 5.75 Å². The lowest BCUT2D eigenvalue weighted by molar-refractivity contribution is 0.0615. The molecule has 1 amide bonds. The number of piperazine rings is 1. The molecule has 0 spiro atoms. The van der Waals surface area contributed by atoms with Crippen molar-refractivity contribution >= 4 is 12.0 Å². The lowest BCUT2D eigenvalue weighted by Crippen LogP contribution is -2.48. The largest absolute Gasteiger partial charge is 0.497 e. The Morgan fingerprint density at radius 3 is 2.34 bits per heavy atom. The third kappa shape index (κ3) is 8.16. The molecule has 7 heteroatoms. The SMILES string of the molecule is COc1cccc(CN(Cc2cccc(F)c2)Cc2ccc(C(=O)N3CCN(C/C=C/c4ccccc4)CC3)o2)c1. The first-order valence-corrected chi connectivity index (χ1v) is 14.0. The second-order valence-corrected chi connectivity index (χ2v) is 10.3. The molecule has 1 saturated heterocycles. The van der Waals surface area contributed by atoms with Gasteiger partial charge in [-0.05, 0) is 53.1 Å². The summed E-state index contributed by atoms with van der Waals surface area (Å²) in [6, 6.07) is 28.4. The lowest BCUT2D eigenvalue weighted by atomic mass is 10.1. The Hall–Kier alpha value is -4.20. The summed E-state index contributed by atoms with van der Waals surface area (Å²) in [5.41, 5.74) is 3.13. The third-order valence-electron chi connectivity index (χ3n) is 7.22. The normalized spacial score (nSPS) is 14.2. The maximum absolute atomic E-state index is 13.9. The molecule has 1 aliphatic heterocycles. The van der Waals surface area contributed by atoms with Crippen molar-refractivity contribution in [2.75, 3.05) is 39.8 Å². The Balaban J connectivity index is 1.19. The van der Waals surface area contributed by atoms with Crippen LogP contribution in [0.25, 0.3) is 6.08 Å². The topological polar surface area (TPSA) is 49.2 Å². The first-order valence-electron chi connectivity index (χ1n) is 14.0. The molecule has 1 fully saturated rings. The number of benzene rings is 3. The molecule has 2 heterocycles. The van der Waals surface area contributed by atoms with E-state index in [2.05, 4.69) is 34.1 Å². The molecule has 0 radical (unpaired) electrons. The van der Waals surface area contributed by atoms with E-state index < -0.39 is 0 Å². The van der Waals surface area contributed by atoms with Crippen LogP contribution in [0.5, 0.6) is 5.75 Å². The molecule has 6 nitrogen and oxygen atoms in total. The maximum atomic E-state index is 13.9. The number of carbonyl (C=O) groups excluding carboxylic acids is 1. The second kappa shape index (κ2) is 13.9. The van der Waals surface area contributed by atoms with Gasteiger partial charge in [0.05, 0.1) is 13.7 Å². The summed E-state index contributed by atoms with van der Waals surface area (Å²) in [6.07, 6.45) is 4.31. The number of carbonyl (C=O) groups is 1. The molecule has 3 aromatic carbocycles. The number of methoxy groups -OCH3 is 1. The Kier molecular flexibility index (Phi) is 9.62. The van der Waals surface area contributed by atoms with E-state index in [1.165, 1.54) is 11.6 Å². The van der Waals surface area contributed by atoms with Crippen LogP contribution in [0.4, 0.5) is 4.39 Å². The van der Waals surface area contributed by atoms with Crippen molar-refractivity contribution in [1.29, 1.82) is 0 Å². The van der Waals surface area contributed by atoms with Crippen LogP contribution in [0, 0.1) is 5.82 Å². The van der Waals surface area contributed by atoms with Crippen molar-refractivity contribution in [2.45, 2.75) is 19.6 Å². The van der Waals surface area contributed by atoms with Crippen molar-refractivity contribution in [3.05, 3.63) is 131 Å². The van der Waals surface area contributed by atoms with E-state index in [9.17, 15) is 9.18 Å². The fraction of sp³-hybridized carbons (Fsp3) is 0.265. The van der Waals surface area contributed by atoms with Gasteiger partial charge in [0, 0.05) is 45.8 Å². The van der Waals surface area contributed by atoms with E-state index in [0.29, 0.717) is 44.2 Å². The molecule has 0 saturated carbocycles. The number of ether oxygens (including phenoxy) is 1. The number of amides is 1. The Morgan fingerprint density at radius 1 is 0.878 bits per heavy atom. The highest BCUT2D eigenvalue weighted by atomic mass is 19.1. The molecule has 0 N–H and O–H groups in total. The fourth-order valence-corrected chi connectivity index (χ4v) is 5.08. The number of hydrogen-bond acceptors (Lipinski definition) is 5. The number of hydrogen-bond donors (Lipinski definition) is 0. The Morgan fingerprint density at radius 2 is 1.61 bits per heavy atom. The van der Waals surface area contributed by atoms with E-state index in [1.54, 1.807) is 25.3 Å². The first kappa shape index (κ1) is 28.3. The minimum atomic E-state index is -0.262. The quantitative estimate of drug-likeness (QED) is 0.225. The highest BCUT2D eigenvalue weighted by Gasteiger charge is 2.24. The molecule has 1 aliphatic rings. The lowest BCUT2D eigenvalue weighted by Gasteiger charge is -2.33. The smallest absolute Gasteiger partial charge is 0.289 e. The average molecular weight is 554 g/mol. The van der Waals surface area contributed by atoms with Gasteiger partial charge in [-0.2, -0.15) is 0 Å². The van der Waals surface area contributed by atoms with Gasteiger partial charge in [0.15, 0.2) is 5.76 Å². The number of furan rings is 1. The van der Waals surface area contributed by atoms with Crippen LogP contribution in [0.2, 0.25) is 0 Å². The van der Waals surface area contributed by atoms with E-state index in [-0.39, 0.29) is 11.7 Å². The van der Waals surface area contributed by atoms with E-state index in [0.717, 1.165) is 36.5 Å². The zero-order chi connectivity index (χ0) is 28.4. The van der Waals surface area contributed by atoms with Crippen LogP contribution in [0.15, 0.2) is 101 Å². The van der Waals surface area contributed by atoms with Crippen molar-refractivity contribution in [2.24, 2.45) is 0 Å². The summed E-state index contributed by atoms with van der Waals surface area (Å²) < 4.78 is 25.3. The first-order chi connectivity index (χ1) is 20.1. The molecule has 5 rings (SSSR count). The molecule has 41 heavy (non-hydrogen) atoms. The van der Waals surface area contributed by atoms with Gasteiger partial charge in [-0.3, -0.25) is 14.6 Å². The molecule has 0 atom stereocenters. The van der Waals surface area contributed by atoms with E-state index in [1.807, 2.05) is 59.5 Å². The highest BCUT2D eigenvalue weighted by Crippen LogP contribution is 2.20. The van der Waals surface area contributed by atoms with E-state index in [4.69, 9.17) is 9.15 Å². The predicted molar refractivity (Wildman–Crippen MR) is 159 cm³/mol. The fourth-order valence-electron chi connectivity index (χ4n) is 5.08. The van der Waals surface area contributed by atoms with Gasteiger partial charge in [0.25, 0.3) is 5.91 Å². The van der Waals surface area contributed by atoms with Crippen LogP contribution in [0.1, 0.15) is 33.0 Å². The minimum Gasteiger partial charge on any atom is -0.497 e. The summed E-state index contributed by atoms with van der Waals surface area (Å²) in [6.45, 7) is 5.43. The highest BCUT2D eigenvalue weighted by molar-refractivity contribution is 5.91. The monoisotopic (exact) mass is 553 g/mol. The number of halogens is 1.